The van der Waals surface area contributed by atoms with Crippen LogP contribution in [0.4, 0.5) is 4.79 Å². The van der Waals surface area contributed by atoms with Crippen molar-refractivity contribution < 1.29 is 9.53 Å². The minimum absolute atomic E-state index is 0.279. The molecule has 3 heterocycles. The highest BCUT2D eigenvalue weighted by molar-refractivity contribution is 5.87. The number of nitrogens with zero attached hydrogens (tertiary/aromatic N) is 3. The fourth-order valence-electron chi connectivity index (χ4n) is 4.50. The molecule has 2 aliphatic rings. The summed E-state index contributed by atoms with van der Waals surface area (Å²) in [6.45, 7) is 10.8. The van der Waals surface area contributed by atoms with Crippen molar-refractivity contribution in [2.75, 3.05) is 26.7 Å². The number of rotatable bonds is 2. The molecule has 31 heavy (non-hydrogen) atoms. The molecule has 5 heteroatoms. The van der Waals surface area contributed by atoms with Crippen molar-refractivity contribution in [1.82, 2.24) is 14.8 Å². The van der Waals surface area contributed by atoms with Gasteiger partial charge in [-0.25, -0.2) is 4.79 Å². The summed E-state index contributed by atoms with van der Waals surface area (Å²) in [5.41, 5.74) is 3.63. The highest BCUT2D eigenvalue weighted by atomic mass is 16.6. The third kappa shape index (κ3) is 5.09. The smallest absolute Gasteiger partial charge is 0.414 e. The van der Waals surface area contributed by atoms with Crippen molar-refractivity contribution >= 4 is 22.7 Å². The standard InChI is InChI=1S/C26H35N3O2/c1-18-6-11-24(29(17-18)25(30)31-26(2,3)4)21-8-7-19-9-10-22(27-23(19)16-21)20-12-14-28(5)15-13-20/h7-11,16,18,20H,6,12-15,17H2,1-5H3/t18-/m0/s1. The van der Waals surface area contributed by atoms with Crippen molar-refractivity contribution in [2.45, 2.75) is 58.5 Å². The Labute approximate surface area is 186 Å². The first-order chi connectivity index (χ1) is 14.7. The summed E-state index contributed by atoms with van der Waals surface area (Å²) in [6, 6.07) is 10.7. The van der Waals surface area contributed by atoms with Gasteiger partial charge >= 0.3 is 6.09 Å². The summed E-state index contributed by atoms with van der Waals surface area (Å²) in [6.07, 6.45) is 5.16. The number of likely N-dealkylation sites (tertiary alicyclic amines) is 1. The van der Waals surface area contributed by atoms with Crippen LogP contribution in [0.3, 0.4) is 0 Å². The molecule has 1 fully saturated rings. The van der Waals surface area contributed by atoms with E-state index < -0.39 is 5.60 Å². The minimum atomic E-state index is -0.517. The summed E-state index contributed by atoms with van der Waals surface area (Å²) in [5, 5.41) is 1.13. The van der Waals surface area contributed by atoms with Crippen LogP contribution in [0.25, 0.3) is 16.6 Å². The van der Waals surface area contributed by atoms with Gasteiger partial charge in [0, 0.05) is 29.1 Å². The van der Waals surface area contributed by atoms with Crippen LogP contribution in [0, 0.1) is 5.92 Å². The number of ether oxygens (including phenoxy) is 1. The monoisotopic (exact) mass is 421 g/mol. The Balaban J connectivity index is 1.64. The van der Waals surface area contributed by atoms with Gasteiger partial charge in [0.1, 0.15) is 5.60 Å². The lowest BCUT2D eigenvalue weighted by molar-refractivity contribution is 0.0327. The van der Waals surface area contributed by atoms with Gasteiger partial charge in [0.2, 0.25) is 0 Å². The van der Waals surface area contributed by atoms with Crippen LogP contribution in [-0.4, -0.2) is 53.2 Å². The summed E-state index contributed by atoms with van der Waals surface area (Å²) in [7, 11) is 2.19. The first-order valence-corrected chi connectivity index (χ1v) is 11.5. The van der Waals surface area contributed by atoms with Crippen LogP contribution in [-0.2, 0) is 4.74 Å². The zero-order chi connectivity index (χ0) is 22.2. The second-order valence-electron chi connectivity index (χ2n) is 10.2. The number of hydrogen-bond donors (Lipinski definition) is 0. The lowest BCUT2D eigenvalue weighted by Gasteiger charge is -2.34. The molecule has 1 saturated heterocycles. The number of benzene rings is 1. The molecule has 0 unspecified atom stereocenters. The van der Waals surface area contributed by atoms with Gasteiger partial charge in [-0.15, -0.1) is 0 Å². The van der Waals surface area contributed by atoms with Crippen LogP contribution in [0.15, 0.2) is 36.4 Å². The molecular weight excluding hydrogens is 386 g/mol. The lowest BCUT2D eigenvalue weighted by atomic mass is 9.92. The average molecular weight is 422 g/mol. The van der Waals surface area contributed by atoms with E-state index in [0.717, 1.165) is 54.5 Å². The molecule has 5 nitrogen and oxygen atoms in total. The highest BCUT2D eigenvalue weighted by Crippen LogP contribution is 2.32. The maximum Gasteiger partial charge on any atom is 0.414 e. The van der Waals surface area contributed by atoms with E-state index >= 15 is 0 Å². The molecule has 2 aromatic rings. The van der Waals surface area contributed by atoms with Gasteiger partial charge in [-0.3, -0.25) is 9.88 Å². The van der Waals surface area contributed by atoms with Crippen LogP contribution < -0.4 is 0 Å². The summed E-state index contributed by atoms with van der Waals surface area (Å²) in [5.74, 6) is 0.933. The molecular formula is C26H35N3O2. The fourth-order valence-corrected chi connectivity index (χ4v) is 4.50. The Morgan fingerprint density at radius 2 is 1.84 bits per heavy atom. The largest absolute Gasteiger partial charge is 0.443 e. The molecule has 0 aliphatic carbocycles. The number of carbonyl (C=O) groups is 1. The van der Waals surface area contributed by atoms with Gasteiger partial charge in [-0.05, 0) is 78.2 Å². The highest BCUT2D eigenvalue weighted by Gasteiger charge is 2.29. The predicted molar refractivity (Wildman–Crippen MR) is 126 cm³/mol. The number of carbonyl (C=O) groups excluding carboxylic acids is 1. The number of fused-ring (bicyclic) bond motifs is 1. The van der Waals surface area contributed by atoms with Gasteiger partial charge in [0.15, 0.2) is 0 Å². The molecule has 1 amide bonds. The van der Waals surface area contributed by atoms with E-state index in [9.17, 15) is 4.79 Å². The molecule has 0 spiro atoms. The normalized spacial score (nSPS) is 21.3. The zero-order valence-corrected chi connectivity index (χ0v) is 19.5. The number of amides is 1. The lowest BCUT2D eigenvalue weighted by Crippen LogP contribution is -2.39. The Morgan fingerprint density at radius 3 is 2.55 bits per heavy atom. The van der Waals surface area contributed by atoms with Crippen molar-refractivity contribution in [2.24, 2.45) is 5.92 Å². The topological polar surface area (TPSA) is 45.7 Å². The maximum absolute atomic E-state index is 12.9. The fraction of sp³-hybridized carbons (Fsp3) is 0.538. The Bertz CT molecular complexity index is 984. The van der Waals surface area contributed by atoms with E-state index in [1.165, 1.54) is 5.69 Å². The predicted octanol–water partition coefficient (Wildman–Crippen LogP) is 5.66. The number of piperidine rings is 1. The van der Waals surface area contributed by atoms with Gasteiger partial charge < -0.3 is 9.64 Å². The molecule has 0 saturated carbocycles. The van der Waals surface area contributed by atoms with E-state index in [1.807, 2.05) is 20.8 Å². The van der Waals surface area contributed by atoms with Crippen LogP contribution in [0.1, 0.15) is 64.1 Å². The van der Waals surface area contributed by atoms with Crippen molar-refractivity contribution in [3.8, 4) is 0 Å². The first kappa shape index (κ1) is 21.8. The van der Waals surface area contributed by atoms with Crippen molar-refractivity contribution in [3.05, 3.63) is 47.7 Å². The molecule has 0 bridgehead atoms. The third-order valence-corrected chi connectivity index (χ3v) is 6.26. The number of allylic oxidation sites excluding steroid dienone is 1. The molecule has 0 N–H and O–H groups in total. The van der Waals surface area contributed by atoms with E-state index in [4.69, 9.17) is 9.72 Å². The zero-order valence-electron chi connectivity index (χ0n) is 19.5. The second kappa shape index (κ2) is 8.62. The van der Waals surface area contributed by atoms with E-state index in [2.05, 4.69) is 55.3 Å². The van der Waals surface area contributed by atoms with Gasteiger partial charge in [0.05, 0.1) is 11.2 Å². The van der Waals surface area contributed by atoms with Crippen LogP contribution in [0.2, 0.25) is 0 Å². The Morgan fingerprint density at radius 1 is 1.13 bits per heavy atom. The Hall–Kier alpha value is -2.40. The maximum atomic E-state index is 12.9. The van der Waals surface area contributed by atoms with Gasteiger partial charge in [-0.2, -0.15) is 0 Å². The third-order valence-electron chi connectivity index (χ3n) is 6.26. The van der Waals surface area contributed by atoms with E-state index in [0.29, 0.717) is 18.4 Å². The van der Waals surface area contributed by atoms with E-state index in [1.54, 1.807) is 4.90 Å². The van der Waals surface area contributed by atoms with Crippen LogP contribution >= 0.6 is 0 Å². The summed E-state index contributed by atoms with van der Waals surface area (Å²) >= 11 is 0. The van der Waals surface area contributed by atoms with Gasteiger partial charge in [0.25, 0.3) is 0 Å². The van der Waals surface area contributed by atoms with Crippen molar-refractivity contribution in [1.29, 1.82) is 0 Å². The minimum Gasteiger partial charge on any atom is -0.443 e. The second-order valence-corrected chi connectivity index (χ2v) is 10.2. The molecule has 0 radical (unpaired) electrons. The van der Waals surface area contributed by atoms with Gasteiger partial charge in [-0.1, -0.05) is 31.2 Å². The van der Waals surface area contributed by atoms with E-state index in [-0.39, 0.29) is 6.09 Å². The van der Waals surface area contributed by atoms with Crippen molar-refractivity contribution in [3.63, 3.8) is 0 Å². The average Bonchev–Trinajstić information content (AvgIpc) is 2.72. The molecule has 1 aromatic heterocycles. The quantitative estimate of drug-likeness (QED) is 0.627. The number of hydrogen-bond acceptors (Lipinski definition) is 4. The SMILES string of the molecule is C[C@H]1CC=C(c2ccc3ccc(C4CCN(C)CC4)nc3c2)N(C(=O)OC(C)(C)C)C1. The molecule has 4 rings (SSSR count). The number of aromatic nitrogens is 1. The molecule has 166 valence electrons. The number of pyridine rings is 1. The molecule has 2 aliphatic heterocycles. The molecule has 1 atom stereocenters. The van der Waals surface area contributed by atoms with Crippen LogP contribution in [0.5, 0.6) is 0 Å². The first-order valence-electron chi connectivity index (χ1n) is 11.5. The molecule has 1 aromatic carbocycles. The summed E-state index contributed by atoms with van der Waals surface area (Å²) in [4.78, 5) is 22.2. The summed E-state index contributed by atoms with van der Waals surface area (Å²) < 4.78 is 5.70. The Kier molecular flexibility index (Phi) is 6.07.